The van der Waals surface area contributed by atoms with Gasteiger partial charge in [0.05, 0.1) is 10.7 Å². The van der Waals surface area contributed by atoms with Crippen LogP contribution in [0.3, 0.4) is 0 Å². The van der Waals surface area contributed by atoms with Gasteiger partial charge in [-0.15, -0.1) is 0 Å². The van der Waals surface area contributed by atoms with E-state index in [0.29, 0.717) is 12.1 Å². The second-order valence-electron chi connectivity index (χ2n) is 2.51. The molecule has 70 valence electrons. The van der Waals surface area contributed by atoms with Crippen molar-refractivity contribution in [3.8, 4) is 0 Å². The zero-order valence-corrected chi connectivity index (χ0v) is 7.68. The quantitative estimate of drug-likeness (QED) is 0.718. The average Bonchev–Trinajstić information content (AvgIpc) is 2.13. The molecule has 13 heavy (non-hydrogen) atoms. The molecule has 0 fully saturated rings. The average molecular weight is 201 g/mol. The van der Waals surface area contributed by atoms with Crippen molar-refractivity contribution in [2.45, 2.75) is 0 Å². The molecule has 0 radical (unpaired) electrons. The van der Waals surface area contributed by atoms with Gasteiger partial charge in [0.1, 0.15) is 0 Å². The number of anilines is 1. The van der Waals surface area contributed by atoms with Crippen molar-refractivity contribution in [1.82, 2.24) is 0 Å². The predicted molar refractivity (Wildman–Crippen MR) is 53.9 cm³/mol. The van der Waals surface area contributed by atoms with Crippen molar-refractivity contribution in [3.63, 3.8) is 0 Å². The lowest BCUT2D eigenvalue weighted by Gasteiger charge is -2.02. The lowest BCUT2D eigenvalue weighted by atomic mass is 10.2. The smallest absolute Gasteiger partial charge is 0.165 e. The molecule has 1 aromatic carbocycles. The minimum atomic E-state index is -0.583. The standard InChI is InChI=1S/C9H10ClFN2/c10-8-6(2-1-5-12)3-4-7(13)9(8)11/h1-4H,5,12-13H2. The highest BCUT2D eigenvalue weighted by atomic mass is 35.5. The summed E-state index contributed by atoms with van der Waals surface area (Å²) in [5.74, 6) is -0.583. The van der Waals surface area contributed by atoms with Gasteiger partial charge in [0.25, 0.3) is 0 Å². The first-order valence-corrected chi connectivity index (χ1v) is 4.14. The molecule has 0 aliphatic heterocycles. The Hall–Kier alpha value is -1.06. The summed E-state index contributed by atoms with van der Waals surface area (Å²) in [5.41, 5.74) is 11.2. The van der Waals surface area contributed by atoms with Crippen LogP contribution in [-0.2, 0) is 0 Å². The molecule has 0 saturated carbocycles. The molecule has 2 nitrogen and oxygen atoms in total. The number of rotatable bonds is 2. The van der Waals surface area contributed by atoms with Crippen LogP contribution in [0.4, 0.5) is 10.1 Å². The molecule has 0 spiro atoms. The fourth-order valence-electron chi connectivity index (χ4n) is 0.903. The van der Waals surface area contributed by atoms with Crippen LogP contribution in [0.2, 0.25) is 5.02 Å². The number of hydrogen-bond donors (Lipinski definition) is 2. The topological polar surface area (TPSA) is 52.0 Å². The molecule has 0 amide bonds. The zero-order chi connectivity index (χ0) is 9.84. The van der Waals surface area contributed by atoms with Gasteiger partial charge >= 0.3 is 0 Å². The molecule has 0 atom stereocenters. The van der Waals surface area contributed by atoms with Gasteiger partial charge < -0.3 is 11.5 Å². The van der Waals surface area contributed by atoms with Gasteiger partial charge in [-0.05, 0) is 11.6 Å². The molecule has 1 aromatic rings. The van der Waals surface area contributed by atoms with Crippen LogP contribution in [0.1, 0.15) is 5.56 Å². The normalized spacial score (nSPS) is 11.0. The molecular formula is C9H10ClFN2. The summed E-state index contributed by atoms with van der Waals surface area (Å²) in [6.07, 6.45) is 3.35. The first-order valence-electron chi connectivity index (χ1n) is 3.77. The molecule has 4 heteroatoms. The maximum Gasteiger partial charge on any atom is 0.165 e. The maximum atomic E-state index is 13.1. The van der Waals surface area contributed by atoms with Crippen LogP contribution >= 0.6 is 11.6 Å². The Kier molecular flexibility index (Phi) is 3.28. The van der Waals surface area contributed by atoms with Crippen molar-refractivity contribution in [1.29, 1.82) is 0 Å². The number of nitrogen functional groups attached to an aromatic ring is 1. The number of nitrogens with two attached hydrogens (primary N) is 2. The van der Waals surface area contributed by atoms with Gasteiger partial charge in [-0.25, -0.2) is 4.39 Å². The van der Waals surface area contributed by atoms with E-state index >= 15 is 0 Å². The molecule has 0 saturated heterocycles. The van der Waals surface area contributed by atoms with Crippen molar-refractivity contribution >= 4 is 23.4 Å². The highest BCUT2D eigenvalue weighted by molar-refractivity contribution is 6.32. The van der Waals surface area contributed by atoms with E-state index in [1.54, 1.807) is 18.2 Å². The van der Waals surface area contributed by atoms with Gasteiger partial charge in [-0.1, -0.05) is 29.8 Å². The summed E-state index contributed by atoms with van der Waals surface area (Å²) < 4.78 is 13.1. The fraction of sp³-hybridized carbons (Fsp3) is 0.111. The van der Waals surface area contributed by atoms with E-state index in [-0.39, 0.29) is 10.7 Å². The Balaban J connectivity index is 3.11. The molecule has 4 N–H and O–H groups in total. The SMILES string of the molecule is NCC=Cc1ccc(N)c(F)c1Cl. The highest BCUT2D eigenvalue weighted by Gasteiger charge is 2.06. The van der Waals surface area contributed by atoms with Crippen LogP contribution in [0.25, 0.3) is 6.08 Å². The molecule has 0 bridgehead atoms. The third kappa shape index (κ3) is 2.20. The van der Waals surface area contributed by atoms with E-state index < -0.39 is 5.82 Å². The summed E-state index contributed by atoms with van der Waals surface area (Å²) >= 11 is 5.69. The molecular weight excluding hydrogens is 191 g/mol. The van der Waals surface area contributed by atoms with E-state index in [4.69, 9.17) is 23.1 Å². The van der Waals surface area contributed by atoms with Crippen molar-refractivity contribution in [2.75, 3.05) is 12.3 Å². The maximum absolute atomic E-state index is 13.1. The van der Waals surface area contributed by atoms with Gasteiger partial charge in [-0.3, -0.25) is 0 Å². The van der Waals surface area contributed by atoms with Crippen molar-refractivity contribution in [2.24, 2.45) is 5.73 Å². The number of hydrogen-bond acceptors (Lipinski definition) is 2. The Bertz CT molecular complexity index is 337. The van der Waals surface area contributed by atoms with E-state index in [2.05, 4.69) is 0 Å². The van der Waals surface area contributed by atoms with Crippen LogP contribution < -0.4 is 11.5 Å². The molecule has 0 aliphatic carbocycles. The molecule has 0 aromatic heterocycles. The van der Waals surface area contributed by atoms with Gasteiger partial charge in [0.15, 0.2) is 5.82 Å². The summed E-state index contributed by atoms with van der Waals surface area (Å²) in [6.45, 7) is 0.391. The molecule has 0 heterocycles. The van der Waals surface area contributed by atoms with Crippen LogP contribution in [0, 0.1) is 5.82 Å². The van der Waals surface area contributed by atoms with E-state index in [0.717, 1.165) is 0 Å². The molecule has 0 unspecified atom stereocenters. The summed E-state index contributed by atoms with van der Waals surface area (Å²) in [6, 6.07) is 3.12. The summed E-state index contributed by atoms with van der Waals surface area (Å²) in [5, 5.41) is 0.0321. The van der Waals surface area contributed by atoms with Gasteiger partial charge in [0.2, 0.25) is 0 Å². The largest absolute Gasteiger partial charge is 0.396 e. The third-order valence-electron chi connectivity index (χ3n) is 1.58. The Morgan fingerprint density at radius 2 is 2.15 bits per heavy atom. The second-order valence-corrected chi connectivity index (χ2v) is 2.89. The number of halogens is 2. The Labute approximate surface area is 81.0 Å². The first-order chi connectivity index (χ1) is 6.16. The van der Waals surface area contributed by atoms with Crippen molar-refractivity contribution in [3.05, 3.63) is 34.6 Å². The fourth-order valence-corrected chi connectivity index (χ4v) is 1.14. The molecule has 0 aliphatic rings. The van der Waals surface area contributed by atoms with Gasteiger partial charge in [0, 0.05) is 6.54 Å². The number of benzene rings is 1. The van der Waals surface area contributed by atoms with Crippen LogP contribution in [0.5, 0.6) is 0 Å². The first kappa shape index (κ1) is 10.0. The Morgan fingerprint density at radius 3 is 2.77 bits per heavy atom. The van der Waals surface area contributed by atoms with Crippen LogP contribution in [0.15, 0.2) is 18.2 Å². The predicted octanol–water partition coefficient (Wildman–Crippen LogP) is 2.03. The van der Waals surface area contributed by atoms with E-state index in [1.165, 1.54) is 6.07 Å². The van der Waals surface area contributed by atoms with Crippen LogP contribution in [-0.4, -0.2) is 6.54 Å². The summed E-state index contributed by atoms with van der Waals surface area (Å²) in [7, 11) is 0. The highest BCUT2D eigenvalue weighted by Crippen LogP contribution is 2.25. The molecule has 1 rings (SSSR count). The van der Waals surface area contributed by atoms with E-state index in [9.17, 15) is 4.39 Å². The lowest BCUT2D eigenvalue weighted by Crippen LogP contribution is -1.94. The van der Waals surface area contributed by atoms with Gasteiger partial charge in [-0.2, -0.15) is 0 Å². The summed E-state index contributed by atoms with van der Waals surface area (Å²) in [4.78, 5) is 0. The minimum absolute atomic E-state index is 0.0321. The third-order valence-corrected chi connectivity index (χ3v) is 1.96. The minimum Gasteiger partial charge on any atom is -0.396 e. The van der Waals surface area contributed by atoms with Crippen molar-refractivity contribution < 1.29 is 4.39 Å². The monoisotopic (exact) mass is 200 g/mol. The Morgan fingerprint density at radius 1 is 1.46 bits per heavy atom. The lowest BCUT2D eigenvalue weighted by molar-refractivity contribution is 0.632. The zero-order valence-electron chi connectivity index (χ0n) is 6.93. The second kappa shape index (κ2) is 4.25. The van der Waals surface area contributed by atoms with E-state index in [1.807, 2.05) is 0 Å².